The third kappa shape index (κ3) is 10.7. The van der Waals surface area contributed by atoms with Crippen molar-refractivity contribution in [1.29, 1.82) is 0 Å². The minimum absolute atomic E-state index is 0.0385. The van der Waals surface area contributed by atoms with Gasteiger partial charge in [-0.2, -0.15) is 0 Å². The molecule has 2 unspecified atom stereocenters. The maximum Gasteiger partial charge on any atom is 0.0713 e. The predicted molar refractivity (Wildman–Crippen MR) is 294 cm³/mol. The smallest absolute Gasteiger partial charge is 0.0713 e. The molecule has 0 saturated heterocycles. The zero-order valence-electron chi connectivity index (χ0n) is 40.8. The SMILES string of the molecule is C/C=C\C=C/C1=CC(C)(C)c2ccccc2C12c1ccccc1-c1ccc(/C3=c4\cccc\c4=C\C/C=C\C=C/C3C(/C=C\c3ccccc3)=C/C=C/C)cc12.C=C.CC.Cc1ccccc1. The second kappa shape index (κ2) is 23.8. The van der Waals surface area contributed by atoms with Gasteiger partial charge in [0.15, 0.2) is 0 Å². The summed E-state index contributed by atoms with van der Waals surface area (Å²) in [7, 11) is 0. The lowest BCUT2D eigenvalue weighted by molar-refractivity contribution is 0.592. The highest BCUT2D eigenvalue weighted by atomic mass is 14.5. The third-order valence-electron chi connectivity index (χ3n) is 12.5. The van der Waals surface area contributed by atoms with Crippen LogP contribution in [0.3, 0.4) is 0 Å². The molecule has 0 bridgehead atoms. The van der Waals surface area contributed by atoms with E-state index < -0.39 is 5.41 Å². The van der Waals surface area contributed by atoms with Crippen molar-refractivity contribution in [2.24, 2.45) is 5.92 Å². The molecular weight excluding hydrogens is 805 g/mol. The van der Waals surface area contributed by atoms with Gasteiger partial charge in [-0.05, 0) is 105 Å². The monoisotopic (exact) mass is 873 g/mol. The van der Waals surface area contributed by atoms with E-state index in [-0.39, 0.29) is 11.3 Å². The minimum atomic E-state index is -0.487. The molecule has 0 aromatic heterocycles. The zero-order valence-corrected chi connectivity index (χ0v) is 40.8. The van der Waals surface area contributed by atoms with Gasteiger partial charge in [0.05, 0.1) is 5.41 Å². The molecule has 0 amide bonds. The summed E-state index contributed by atoms with van der Waals surface area (Å²) in [5.74, 6) is -0.0385. The van der Waals surface area contributed by atoms with Crippen molar-refractivity contribution in [3.63, 3.8) is 0 Å². The maximum absolute atomic E-state index is 3.00. The molecular formula is C67H68. The summed E-state index contributed by atoms with van der Waals surface area (Å²) in [4.78, 5) is 0. The molecule has 0 N–H and O–H groups in total. The summed E-state index contributed by atoms with van der Waals surface area (Å²) in [6.45, 7) is 21.0. The van der Waals surface area contributed by atoms with Crippen LogP contribution in [0.15, 0.2) is 255 Å². The molecule has 336 valence electrons. The van der Waals surface area contributed by atoms with Gasteiger partial charge in [-0.1, -0.05) is 270 Å². The molecule has 0 fully saturated rings. The van der Waals surface area contributed by atoms with Crippen LogP contribution in [0.4, 0.5) is 0 Å². The van der Waals surface area contributed by atoms with E-state index in [4.69, 9.17) is 0 Å². The van der Waals surface area contributed by atoms with Gasteiger partial charge in [-0.3, -0.25) is 0 Å². The van der Waals surface area contributed by atoms with Gasteiger partial charge in [-0.25, -0.2) is 0 Å². The highest BCUT2D eigenvalue weighted by Crippen LogP contribution is 2.61. The molecule has 0 heteroatoms. The number of aryl methyl sites for hydroxylation is 1. The molecule has 67 heavy (non-hydrogen) atoms. The first-order chi connectivity index (χ1) is 32.9. The fourth-order valence-corrected chi connectivity index (χ4v) is 9.68. The largest absolute Gasteiger partial charge is 0.106 e. The van der Waals surface area contributed by atoms with Gasteiger partial charge in [0.25, 0.3) is 0 Å². The number of benzene rings is 6. The highest BCUT2D eigenvalue weighted by molar-refractivity contribution is 5.90. The molecule has 3 aliphatic carbocycles. The number of fused-ring (bicyclic) bond motifs is 8. The lowest BCUT2D eigenvalue weighted by atomic mass is 9.58. The van der Waals surface area contributed by atoms with E-state index in [1.165, 1.54) is 77.2 Å². The van der Waals surface area contributed by atoms with Crippen LogP contribution in [0.5, 0.6) is 0 Å². The molecule has 3 aliphatic rings. The molecule has 0 heterocycles. The van der Waals surface area contributed by atoms with Crippen molar-refractivity contribution in [1.82, 2.24) is 0 Å². The molecule has 1 spiro atoms. The summed E-state index contributed by atoms with van der Waals surface area (Å²) < 4.78 is 0. The molecule has 6 aromatic carbocycles. The Balaban J connectivity index is 0.000000604. The number of hydrogen-bond donors (Lipinski definition) is 0. The average Bonchev–Trinajstić information content (AvgIpc) is 3.66. The van der Waals surface area contributed by atoms with Gasteiger partial charge < -0.3 is 0 Å². The van der Waals surface area contributed by atoms with Crippen molar-refractivity contribution >= 4 is 17.7 Å². The Morgan fingerprint density at radius 2 is 1.24 bits per heavy atom. The average molecular weight is 873 g/mol. The standard InChI is InChI=1S/C56H50.C7H8.C2H6.C2H4/c1-5-7-12-28-45-40-55(3,4)51-33-21-22-34-52(51)56(45)50-32-20-19-31-48(50)49-38-37-44(39-53(49)56)54-46-30-18-17-27-42(46)26-15-9-10-16-29-47(54)43(25-8-6-2)36-35-41-23-13-11-14-24-41;1-7-5-3-2-4-6-7;2*1-2/h5-14,16-40,47H,15H2,1-4H3;2-6H,1H3;1-2H3;1-2H2/b7-5-,8-6+,10-9-,28-12-,29-16-,36-35-,42-26-,43-25+,54-46-;;;. The Hall–Kier alpha value is -7.28. The van der Waals surface area contributed by atoms with Crippen LogP contribution in [0.2, 0.25) is 0 Å². The first-order valence-corrected chi connectivity index (χ1v) is 23.9. The quantitative estimate of drug-likeness (QED) is 0.111. The summed E-state index contributed by atoms with van der Waals surface area (Å²) in [6.07, 6.45) is 34.8. The number of rotatable bonds is 7. The van der Waals surface area contributed by atoms with E-state index in [9.17, 15) is 0 Å². The van der Waals surface area contributed by atoms with E-state index in [2.05, 4.69) is 272 Å². The zero-order chi connectivity index (χ0) is 47.7. The lowest BCUT2D eigenvalue weighted by Gasteiger charge is -2.44. The van der Waals surface area contributed by atoms with Crippen LogP contribution in [0.1, 0.15) is 86.9 Å². The molecule has 0 nitrogen and oxygen atoms in total. The molecule has 0 aliphatic heterocycles. The summed E-state index contributed by atoms with van der Waals surface area (Å²) in [5.41, 5.74) is 15.0. The number of allylic oxidation sites excluding steroid dienone is 15. The summed E-state index contributed by atoms with van der Waals surface area (Å²) in [5, 5.41) is 2.51. The topological polar surface area (TPSA) is 0 Å². The van der Waals surface area contributed by atoms with Crippen molar-refractivity contribution in [2.75, 3.05) is 0 Å². The minimum Gasteiger partial charge on any atom is -0.106 e. The van der Waals surface area contributed by atoms with Crippen molar-refractivity contribution in [3.05, 3.63) is 304 Å². The molecule has 2 atom stereocenters. The Morgan fingerprint density at radius 1 is 0.612 bits per heavy atom. The Morgan fingerprint density at radius 3 is 1.94 bits per heavy atom. The van der Waals surface area contributed by atoms with Crippen LogP contribution in [0.25, 0.3) is 28.9 Å². The van der Waals surface area contributed by atoms with Crippen LogP contribution < -0.4 is 10.4 Å². The number of hydrogen-bond acceptors (Lipinski definition) is 0. The van der Waals surface area contributed by atoms with E-state index in [1.54, 1.807) is 0 Å². The molecule has 0 radical (unpaired) electrons. The van der Waals surface area contributed by atoms with Crippen LogP contribution in [-0.4, -0.2) is 0 Å². The van der Waals surface area contributed by atoms with E-state index in [0.29, 0.717) is 0 Å². The maximum atomic E-state index is 3.00. The first kappa shape index (κ1) is 49.2. The highest BCUT2D eigenvalue weighted by Gasteiger charge is 2.51. The Bertz CT molecular complexity index is 2970. The van der Waals surface area contributed by atoms with Crippen molar-refractivity contribution < 1.29 is 0 Å². The lowest BCUT2D eigenvalue weighted by Crippen LogP contribution is -2.38. The van der Waals surface area contributed by atoms with Gasteiger partial charge in [0, 0.05) is 11.3 Å². The molecule has 0 saturated carbocycles. The molecule has 9 rings (SSSR count). The van der Waals surface area contributed by atoms with Gasteiger partial charge in [0.1, 0.15) is 0 Å². The van der Waals surface area contributed by atoms with Gasteiger partial charge >= 0.3 is 0 Å². The van der Waals surface area contributed by atoms with Crippen LogP contribution in [-0.2, 0) is 10.8 Å². The van der Waals surface area contributed by atoms with Gasteiger partial charge in [-0.15, -0.1) is 13.2 Å². The predicted octanol–water partition coefficient (Wildman–Crippen LogP) is 16.5. The Labute approximate surface area is 402 Å². The van der Waals surface area contributed by atoms with Crippen LogP contribution >= 0.6 is 0 Å². The van der Waals surface area contributed by atoms with Crippen molar-refractivity contribution in [3.8, 4) is 11.1 Å². The normalized spacial score (nSPS) is 20.0. The van der Waals surface area contributed by atoms with E-state index in [1.807, 2.05) is 32.0 Å². The van der Waals surface area contributed by atoms with Crippen molar-refractivity contribution in [2.45, 2.75) is 65.7 Å². The third-order valence-corrected chi connectivity index (χ3v) is 12.5. The second-order valence-electron chi connectivity index (χ2n) is 17.1. The second-order valence-corrected chi connectivity index (χ2v) is 17.1. The first-order valence-electron chi connectivity index (χ1n) is 23.9. The van der Waals surface area contributed by atoms with Gasteiger partial charge in [0.2, 0.25) is 0 Å². The van der Waals surface area contributed by atoms with E-state index >= 15 is 0 Å². The van der Waals surface area contributed by atoms with Crippen LogP contribution in [0, 0.1) is 12.8 Å². The Kier molecular flexibility index (Phi) is 17.4. The molecule has 6 aromatic rings. The summed E-state index contributed by atoms with van der Waals surface area (Å²) >= 11 is 0. The summed E-state index contributed by atoms with van der Waals surface area (Å²) in [6, 6.07) is 55.4. The van der Waals surface area contributed by atoms with E-state index in [0.717, 1.165) is 6.42 Å². The fourth-order valence-electron chi connectivity index (χ4n) is 9.68. The fraction of sp³-hybridized carbons (Fsp3) is 0.164.